The van der Waals surface area contributed by atoms with Crippen molar-refractivity contribution in [2.75, 3.05) is 13.1 Å². The van der Waals surface area contributed by atoms with Gasteiger partial charge in [-0.15, -0.1) is 0 Å². The van der Waals surface area contributed by atoms with Crippen LogP contribution in [0.3, 0.4) is 0 Å². The number of nitrogens with two attached hydrogens (primary N) is 1. The highest BCUT2D eigenvalue weighted by Gasteiger charge is 2.22. The van der Waals surface area contributed by atoms with Gasteiger partial charge in [-0.2, -0.15) is 0 Å². The molecule has 1 heterocycles. The van der Waals surface area contributed by atoms with Crippen LogP contribution in [0.5, 0.6) is 0 Å². The zero-order valence-corrected chi connectivity index (χ0v) is 11.1. The molecule has 1 saturated heterocycles. The zero-order chi connectivity index (χ0) is 14.5. The molecule has 1 aliphatic heterocycles. The number of likely N-dealkylation sites (tertiary alicyclic amines) is 1. The number of halogens is 1. The summed E-state index contributed by atoms with van der Waals surface area (Å²) in [6.45, 7) is 2.28. The number of nitrogens with one attached hydrogen (secondary N) is 1. The Labute approximate surface area is 116 Å². The molecule has 2 rings (SSSR count). The van der Waals surface area contributed by atoms with Gasteiger partial charge in [-0.3, -0.25) is 14.5 Å². The summed E-state index contributed by atoms with van der Waals surface area (Å²) < 4.78 is 12.8. The van der Waals surface area contributed by atoms with E-state index in [1.807, 2.05) is 0 Å². The quantitative estimate of drug-likeness (QED) is 0.786. The first-order chi connectivity index (χ1) is 9.54. The van der Waals surface area contributed by atoms with Crippen molar-refractivity contribution in [1.29, 1.82) is 0 Å². The van der Waals surface area contributed by atoms with E-state index < -0.39 is 11.8 Å². The maximum Gasteiger partial charge on any atom is 0.309 e. The van der Waals surface area contributed by atoms with Crippen LogP contribution < -0.4 is 11.1 Å². The second-order valence-corrected chi connectivity index (χ2v) is 5.04. The van der Waals surface area contributed by atoms with Crippen molar-refractivity contribution in [3.63, 3.8) is 0 Å². The van der Waals surface area contributed by atoms with Gasteiger partial charge in [0.2, 0.25) is 0 Å². The van der Waals surface area contributed by atoms with Gasteiger partial charge in [0.05, 0.1) is 0 Å². The molecule has 1 aliphatic rings. The maximum absolute atomic E-state index is 12.8. The molecule has 6 heteroatoms. The topological polar surface area (TPSA) is 75.4 Å². The third-order valence-corrected chi connectivity index (χ3v) is 3.38. The van der Waals surface area contributed by atoms with Crippen LogP contribution in [0.4, 0.5) is 4.39 Å². The molecule has 108 valence electrons. The van der Waals surface area contributed by atoms with Crippen molar-refractivity contribution in [2.24, 2.45) is 5.73 Å². The predicted octanol–water partition coefficient (Wildman–Crippen LogP) is 0.392. The predicted molar refractivity (Wildman–Crippen MR) is 72.0 cm³/mol. The van der Waals surface area contributed by atoms with Crippen LogP contribution in [0, 0.1) is 5.82 Å². The van der Waals surface area contributed by atoms with Crippen molar-refractivity contribution in [2.45, 2.75) is 25.4 Å². The summed E-state index contributed by atoms with van der Waals surface area (Å²) in [6, 6.07) is 6.31. The summed E-state index contributed by atoms with van der Waals surface area (Å²) in [6.07, 6.45) is 1.77. The Kier molecular flexibility index (Phi) is 4.68. The van der Waals surface area contributed by atoms with Gasteiger partial charge in [0.25, 0.3) is 0 Å². The standard InChI is InChI=1S/C14H18FN3O2/c15-11-5-3-10(4-6-11)8-18-7-1-2-12(9-18)17-14(20)13(16)19/h3-6,12H,1-2,7-9H2,(H2,16,19)(H,17,20). The maximum atomic E-state index is 12.8. The van der Waals surface area contributed by atoms with Crippen LogP contribution in [0.15, 0.2) is 24.3 Å². The fourth-order valence-electron chi connectivity index (χ4n) is 2.42. The van der Waals surface area contributed by atoms with E-state index in [1.165, 1.54) is 12.1 Å². The summed E-state index contributed by atoms with van der Waals surface area (Å²) >= 11 is 0. The van der Waals surface area contributed by atoms with Crippen molar-refractivity contribution >= 4 is 11.8 Å². The second-order valence-electron chi connectivity index (χ2n) is 5.04. The van der Waals surface area contributed by atoms with Crippen LogP contribution in [0.1, 0.15) is 18.4 Å². The lowest BCUT2D eigenvalue weighted by Gasteiger charge is -2.32. The minimum atomic E-state index is -0.958. The summed E-state index contributed by atoms with van der Waals surface area (Å²) in [5.41, 5.74) is 5.95. The highest BCUT2D eigenvalue weighted by Crippen LogP contribution is 2.14. The van der Waals surface area contributed by atoms with Crippen LogP contribution in [-0.2, 0) is 16.1 Å². The molecule has 3 N–H and O–H groups in total. The molecule has 20 heavy (non-hydrogen) atoms. The average Bonchev–Trinajstić information content (AvgIpc) is 2.42. The SMILES string of the molecule is NC(=O)C(=O)NC1CCCN(Cc2ccc(F)cc2)C1. The lowest BCUT2D eigenvalue weighted by Crippen LogP contribution is -2.50. The molecule has 0 bridgehead atoms. The first kappa shape index (κ1) is 14.5. The molecule has 0 spiro atoms. The molecule has 5 nitrogen and oxygen atoms in total. The van der Waals surface area contributed by atoms with Gasteiger partial charge < -0.3 is 11.1 Å². The Morgan fingerprint density at radius 1 is 1.35 bits per heavy atom. The highest BCUT2D eigenvalue weighted by atomic mass is 19.1. The van der Waals surface area contributed by atoms with E-state index in [1.54, 1.807) is 12.1 Å². The van der Waals surface area contributed by atoms with E-state index in [-0.39, 0.29) is 11.9 Å². The molecule has 0 aliphatic carbocycles. The number of hydrogen-bond acceptors (Lipinski definition) is 3. The van der Waals surface area contributed by atoms with Gasteiger partial charge >= 0.3 is 11.8 Å². The Hall–Kier alpha value is -1.95. The lowest BCUT2D eigenvalue weighted by atomic mass is 10.0. The Bertz CT molecular complexity index is 490. The number of rotatable bonds is 3. The van der Waals surface area contributed by atoms with Crippen LogP contribution in [-0.4, -0.2) is 35.8 Å². The molecule has 1 aromatic rings. The third-order valence-electron chi connectivity index (χ3n) is 3.38. The van der Waals surface area contributed by atoms with Gasteiger partial charge in [0, 0.05) is 19.1 Å². The van der Waals surface area contributed by atoms with E-state index in [0.717, 1.165) is 24.9 Å². The minimum absolute atomic E-state index is 0.0656. The van der Waals surface area contributed by atoms with Crippen molar-refractivity contribution < 1.29 is 14.0 Å². The molecule has 1 atom stereocenters. The number of carbonyl (C=O) groups excluding carboxylic acids is 2. The molecule has 0 saturated carbocycles. The van der Waals surface area contributed by atoms with E-state index in [2.05, 4.69) is 10.2 Å². The molecule has 2 amide bonds. The minimum Gasteiger partial charge on any atom is -0.361 e. The van der Waals surface area contributed by atoms with Crippen LogP contribution >= 0.6 is 0 Å². The molecule has 0 radical (unpaired) electrons. The average molecular weight is 279 g/mol. The van der Waals surface area contributed by atoms with E-state index in [9.17, 15) is 14.0 Å². The van der Waals surface area contributed by atoms with Gasteiger partial charge in [-0.05, 0) is 37.1 Å². The highest BCUT2D eigenvalue weighted by molar-refractivity contribution is 6.34. The van der Waals surface area contributed by atoms with Crippen molar-refractivity contribution in [3.05, 3.63) is 35.6 Å². The Morgan fingerprint density at radius 2 is 2.05 bits per heavy atom. The van der Waals surface area contributed by atoms with E-state index >= 15 is 0 Å². The van der Waals surface area contributed by atoms with Crippen LogP contribution in [0.2, 0.25) is 0 Å². The summed E-state index contributed by atoms with van der Waals surface area (Å²) in [7, 11) is 0. The molecular formula is C14H18FN3O2. The fourth-order valence-corrected chi connectivity index (χ4v) is 2.42. The van der Waals surface area contributed by atoms with Gasteiger partial charge in [0.15, 0.2) is 0 Å². The van der Waals surface area contributed by atoms with E-state index in [0.29, 0.717) is 13.1 Å². The van der Waals surface area contributed by atoms with Gasteiger partial charge in [-0.1, -0.05) is 12.1 Å². The summed E-state index contributed by atoms with van der Waals surface area (Å²) in [4.78, 5) is 24.2. The number of benzene rings is 1. The molecule has 1 unspecified atom stereocenters. The number of carbonyl (C=O) groups is 2. The molecular weight excluding hydrogens is 261 g/mol. The smallest absolute Gasteiger partial charge is 0.309 e. The normalized spacial score (nSPS) is 19.6. The van der Waals surface area contributed by atoms with E-state index in [4.69, 9.17) is 5.73 Å². The first-order valence-corrected chi connectivity index (χ1v) is 6.61. The fraction of sp³-hybridized carbons (Fsp3) is 0.429. The Morgan fingerprint density at radius 3 is 2.70 bits per heavy atom. The number of amides is 2. The second kappa shape index (κ2) is 6.47. The number of primary amides is 1. The molecule has 1 aromatic carbocycles. The largest absolute Gasteiger partial charge is 0.361 e. The van der Waals surface area contributed by atoms with Gasteiger partial charge in [0.1, 0.15) is 5.82 Å². The summed E-state index contributed by atoms with van der Waals surface area (Å²) in [5, 5.41) is 2.63. The monoisotopic (exact) mass is 279 g/mol. The van der Waals surface area contributed by atoms with Gasteiger partial charge in [-0.25, -0.2) is 4.39 Å². The number of hydrogen-bond donors (Lipinski definition) is 2. The van der Waals surface area contributed by atoms with Crippen molar-refractivity contribution in [3.8, 4) is 0 Å². The first-order valence-electron chi connectivity index (χ1n) is 6.61. The van der Waals surface area contributed by atoms with Crippen LogP contribution in [0.25, 0.3) is 0 Å². The number of piperidine rings is 1. The van der Waals surface area contributed by atoms with Crippen molar-refractivity contribution in [1.82, 2.24) is 10.2 Å². The number of nitrogens with zero attached hydrogens (tertiary/aromatic N) is 1. The molecule has 1 fully saturated rings. The molecule has 0 aromatic heterocycles. The third kappa shape index (κ3) is 4.03. The lowest BCUT2D eigenvalue weighted by molar-refractivity contribution is -0.138. The Balaban J connectivity index is 1.88. The summed E-state index contributed by atoms with van der Waals surface area (Å²) in [5.74, 6) is -1.95. The zero-order valence-electron chi connectivity index (χ0n) is 11.1.